The lowest BCUT2D eigenvalue weighted by Gasteiger charge is -2.13. The third kappa shape index (κ3) is 4.25. The summed E-state index contributed by atoms with van der Waals surface area (Å²) < 4.78 is 33.5. The number of anilines is 1. The maximum atomic E-state index is 12.9. The molecule has 0 amide bonds. The van der Waals surface area contributed by atoms with Crippen molar-refractivity contribution in [1.82, 2.24) is 9.38 Å². The number of aromatic nitrogens is 2. The molecule has 0 spiro atoms. The van der Waals surface area contributed by atoms with Crippen LogP contribution in [0.1, 0.15) is 11.1 Å². The van der Waals surface area contributed by atoms with E-state index in [0.29, 0.717) is 17.8 Å². The minimum Gasteiger partial charge on any atom is -0.378 e. The van der Waals surface area contributed by atoms with Gasteiger partial charge in [0.1, 0.15) is 22.1 Å². The molecule has 2 aromatic heterocycles. The average molecular weight is 470 g/mol. The highest BCUT2D eigenvalue weighted by atomic mass is 32.2. The van der Waals surface area contributed by atoms with E-state index in [1.54, 1.807) is 30.3 Å². The Kier molecular flexibility index (Phi) is 5.77. The van der Waals surface area contributed by atoms with Gasteiger partial charge in [-0.2, -0.15) is 8.42 Å². The Morgan fingerprint density at radius 2 is 1.53 bits per heavy atom. The molecule has 0 saturated heterocycles. The van der Waals surface area contributed by atoms with Gasteiger partial charge in [0.15, 0.2) is 5.75 Å². The van der Waals surface area contributed by atoms with E-state index in [1.165, 1.54) is 12.1 Å². The summed E-state index contributed by atoms with van der Waals surface area (Å²) in [5.41, 5.74) is 4.11. The molecule has 0 radical (unpaired) electrons. The van der Waals surface area contributed by atoms with Crippen LogP contribution in [-0.4, -0.2) is 17.8 Å². The van der Waals surface area contributed by atoms with E-state index in [2.05, 4.69) is 5.32 Å². The first-order chi connectivity index (χ1) is 16.5. The van der Waals surface area contributed by atoms with Crippen LogP contribution in [0.4, 0.5) is 5.82 Å². The summed E-state index contributed by atoms with van der Waals surface area (Å²) in [6.07, 6.45) is 1.94. The number of imidazole rings is 1. The number of hydrogen-bond donors (Lipinski definition) is 1. The number of pyridine rings is 1. The van der Waals surface area contributed by atoms with Crippen LogP contribution in [0.15, 0.2) is 108 Å². The minimum atomic E-state index is -4.01. The summed E-state index contributed by atoms with van der Waals surface area (Å²) in [4.78, 5) is 4.98. The summed E-state index contributed by atoms with van der Waals surface area (Å²) in [5.74, 6) is 0.978. The molecule has 5 rings (SSSR count). The Balaban J connectivity index is 1.60. The summed E-state index contributed by atoms with van der Waals surface area (Å²) in [7, 11) is -4.01. The number of rotatable bonds is 7. The smallest absolute Gasteiger partial charge is 0.339 e. The van der Waals surface area contributed by atoms with Crippen molar-refractivity contribution in [3.05, 3.63) is 114 Å². The molecule has 34 heavy (non-hydrogen) atoms. The topological polar surface area (TPSA) is 72.7 Å². The molecule has 1 N–H and O–H groups in total. The number of aryl methyl sites for hydroxylation is 1. The molecule has 0 aliphatic carbocycles. The van der Waals surface area contributed by atoms with Crippen molar-refractivity contribution in [2.75, 3.05) is 5.32 Å². The zero-order valence-corrected chi connectivity index (χ0v) is 19.4. The first-order valence-corrected chi connectivity index (χ1v) is 12.3. The van der Waals surface area contributed by atoms with Crippen molar-refractivity contribution >= 4 is 21.6 Å². The fourth-order valence-corrected chi connectivity index (χ4v) is 4.80. The van der Waals surface area contributed by atoms with Gasteiger partial charge in [-0.05, 0) is 48.4 Å². The first kappa shape index (κ1) is 21.7. The van der Waals surface area contributed by atoms with Crippen molar-refractivity contribution in [3.8, 4) is 17.0 Å². The van der Waals surface area contributed by atoms with E-state index in [0.717, 1.165) is 22.6 Å². The van der Waals surface area contributed by atoms with Gasteiger partial charge < -0.3 is 9.50 Å². The van der Waals surface area contributed by atoms with E-state index < -0.39 is 10.1 Å². The molecular formula is C27H23N3O3S. The molecule has 0 atom stereocenters. The Labute approximate surface area is 198 Å². The second-order valence-electron chi connectivity index (χ2n) is 7.88. The van der Waals surface area contributed by atoms with Crippen LogP contribution >= 0.6 is 0 Å². The predicted molar refractivity (Wildman–Crippen MR) is 133 cm³/mol. The number of hydrogen-bond acceptors (Lipinski definition) is 5. The molecule has 170 valence electrons. The lowest BCUT2D eigenvalue weighted by atomic mass is 10.1. The van der Waals surface area contributed by atoms with Gasteiger partial charge in [0.2, 0.25) is 0 Å². The van der Waals surface area contributed by atoms with Crippen LogP contribution in [0, 0.1) is 6.92 Å². The van der Waals surface area contributed by atoms with Crippen molar-refractivity contribution in [1.29, 1.82) is 0 Å². The summed E-state index contributed by atoms with van der Waals surface area (Å²) in [6, 6.07) is 29.2. The molecule has 0 fully saturated rings. The molecule has 5 aromatic rings. The first-order valence-electron chi connectivity index (χ1n) is 10.9. The third-order valence-corrected chi connectivity index (χ3v) is 6.77. The monoisotopic (exact) mass is 469 g/mol. The molecule has 0 aliphatic heterocycles. The fraction of sp³-hybridized carbons (Fsp3) is 0.0741. The maximum Gasteiger partial charge on any atom is 0.339 e. The number of nitrogens with one attached hydrogen (secondary N) is 1. The van der Waals surface area contributed by atoms with Gasteiger partial charge in [-0.1, -0.05) is 66.7 Å². The maximum absolute atomic E-state index is 12.9. The fourth-order valence-electron chi connectivity index (χ4n) is 3.83. The zero-order chi connectivity index (χ0) is 23.5. The SMILES string of the molecule is Cc1cccn2c(NCc3ccccc3)c(-c3ccccc3OS(=O)(=O)c3ccccc3)nc12. The van der Waals surface area contributed by atoms with Crippen LogP contribution in [0.3, 0.4) is 0 Å². The lowest BCUT2D eigenvalue weighted by molar-refractivity contribution is 0.487. The predicted octanol–water partition coefficient (Wildman–Crippen LogP) is 5.69. The third-order valence-electron chi connectivity index (χ3n) is 5.52. The van der Waals surface area contributed by atoms with E-state index in [9.17, 15) is 8.42 Å². The van der Waals surface area contributed by atoms with Gasteiger partial charge >= 0.3 is 10.1 Å². The van der Waals surface area contributed by atoms with Gasteiger partial charge in [0.05, 0.1) is 0 Å². The van der Waals surface area contributed by atoms with Crippen LogP contribution < -0.4 is 9.50 Å². The number of benzene rings is 3. The summed E-state index contributed by atoms with van der Waals surface area (Å²) in [5, 5.41) is 3.50. The van der Waals surface area contributed by atoms with Gasteiger partial charge in [0, 0.05) is 18.3 Å². The van der Waals surface area contributed by atoms with Gasteiger partial charge in [-0.3, -0.25) is 4.40 Å². The minimum absolute atomic E-state index is 0.0954. The van der Waals surface area contributed by atoms with Gasteiger partial charge in [0.25, 0.3) is 0 Å². The Morgan fingerprint density at radius 3 is 2.29 bits per heavy atom. The largest absolute Gasteiger partial charge is 0.378 e. The molecule has 3 aromatic carbocycles. The Bertz CT molecular complexity index is 1550. The average Bonchev–Trinajstić information content (AvgIpc) is 3.24. The molecule has 2 heterocycles. The Morgan fingerprint density at radius 1 is 0.853 bits per heavy atom. The van der Waals surface area contributed by atoms with E-state index in [4.69, 9.17) is 9.17 Å². The molecule has 0 bridgehead atoms. The van der Waals surface area contributed by atoms with Crippen molar-refractivity contribution < 1.29 is 12.6 Å². The quantitative estimate of drug-likeness (QED) is 0.310. The lowest BCUT2D eigenvalue weighted by Crippen LogP contribution is -2.10. The highest BCUT2D eigenvalue weighted by molar-refractivity contribution is 7.87. The highest BCUT2D eigenvalue weighted by Gasteiger charge is 2.22. The molecule has 0 aliphatic rings. The number of nitrogens with zero attached hydrogens (tertiary/aromatic N) is 2. The van der Waals surface area contributed by atoms with E-state index in [1.807, 2.05) is 72.1 Å². The van der Waals surface area contributed by atoms with Crippen molar-refractivity contribution in [2.24, 2.45) is 0 Å². The van der Waals surface area contributed by atoms with Crippen LogP contribution in [0.5, 0.6) is 5.75 Å². The second kappa shape index (κ2) is 9.03. The number of para-hydroxylation sites is 1. The molecule has 0 unspecified atom stereocenters. The molecular weight excluding hydrogens is 446 g/mol. The summed E-state index contributed by atoms with van der Waals surface area (Å²) in [6.45, 7) is 2.58. The van der Waals surface area contributed by atoms with Crippen LogP contribution in [-0.2, 0) is 16.7 Å². The van der Waals surface area contributed by atoms with E-state index >= 15 is 0 Å². The zero-order valence-electron chi connectivity index (χ0n) is 18.5. The van der Waals surface area contributed by atoms with Gasteiger partial charge in [-0.25, -0.2) is 4.98 Å². The molecule has 6 nitrogen and oxygen atoms in total. The van der Waals surface area contributed by atoms with Crippen LogP contribution in [0.25, 0.3) is 16.9 Å². The Hall–Kier alpha value is -4.10. The standard InChI is InChI=1S/C27H23N3O3S/c1-20-11-10-18-30-26(20)29-25(27(30)28-19-21-12-4-2-5-13-21)23-16-8-9-17-24(23)33-34(31,32)22-14-6-3-7-15-22/h2-18,28H,19H2,1H3. The van der Waals surface area contributed by atoms with Crippen molar-refractivity contribution in [2.45, 2.75) is 18.4 Å². The molecule has 0 saturated carbocycles. The normalized spacial score (nSPS) is 11.4. The van der Waals surface area contributed by atoms with Crippen LogP contribution in [0.2, 0.25) is 0 Å². The number of fused-ring (bicyclic) bond motifs is 1. The van der Waals surface area contributed by atoms with Crippen molar-refractivity contribution in [3.63, 3.8) is 0 Å². The summed E-state index contributed by atoms with van der Waals surface area (Å²) >= 11 is 0. The highest BCUT2D eigenvalue weighted by Crippen LogP contribution is 2.37. The molecule has 7 heteroatoms. The van der Waals surface area contributed by atoms with E-state index in [-0.39, 0.29) is 10.6 Å². The van der Waals surface area contributed by atoms with Gasteiger partial charge in [-0.15, -0.1) is 0 Å². The second-order valence-corrected chi connectivity index (χ2v) is 9.43.